The molecule has 1 aromatic rings. The first-order valence-electron chi connectivity index (χ1n) is 6.65. The average Bonchev–Trinajstić information content (AvgIpc) is 2.86. The molecule has 0 saturated heterocycles. The highest BCUT2D eigenvalue weighted by Crippen LogP contribution is 2.13. The molecule has 0 fully saturated rings. The number of rotatable bonds is 6. The highest BCUT2D eigenvalue weighted by Gasteiger charge is 2.07. The fourth-order valence-corrected chi connectivity index (χ4v) is 2.52. The Kier molecular flexibility index (Phi) is 6.80. The van der Waals surface area contributed by atoms with Crippen molar-refractivity contribution in [2.75, 3.05) is 13.6 Å². The van der Waals surface area contributed by atoms with Crippen molar-refractivity contribution < 1.29 is 0 Å². The zero-order chi connectivity index (χ0) is 13.4. The van der Waals surface area contributed by atoms with E-state index in [-0.39, 0.29) is 0 Å². The van der Waals surface area contributed by atoms with E-state index in [1.807, 2.05) is 18.4 Å². The molecule has 0 saturated carbocycles. The molecule has 0 amide bonds. The normalized spacial score (nSPS) is 15.2. The second-order valence-corrected chi connectivity index (χ2v) is 5.83. The maximum atomic E-state index is 4.24. The van der Waals surface area contributed by atoms with E-state index >= 15 is 0 Å². The van der Waals surface area contributed by atoms with Crippen LogP contribution in [0.2, 0.25) is 0 Å². The Morgan fingerprint density at radius 3 is 2.78 bits per heavy atom. The van der Waals surface area contributed by atoms with Gasteiger partial charge in [0.05, 0.1) is 0 Å². The molecule has 0 spiro atoms. The molecule has 2 atom stereocenters. The van der Waals surface area contributed by atoms with Gasteiger partial charge in [0.25, 0.3) is 0 Å². The van der Waals surface area contributed by atoms with Crippen LogP contribution in [0, 0.1) is 5.92 Å². The Labute approximate surface area is 115 Å². The molecule has 0 bridgehead atoms. The van der Waals surface area contributed by atoms with E-state index in [9.17, 15) is 0 Å². The maximum Gasteiger partial charge on any atom is 0.191 e. The summed E-state index contributed by atoms with van der Waals surface area (Å²) in [6.07, 6.45) is 2.23. The predicted molar refractivity (Wildman–Crippen MR) is 81.4 cm³/mol. The summed E-state index contributed by atoms with van der Waals surface area (Å²) in [5, 5.41) is 8.90. The first-order chi connectivity index (χ1) is 8.65. The standard InChI is InChI=1S/C14H25N3S/c1-5-12(3)17-14(15-4)16-10-11(2)9-13-7-6-8-18-13/h6-8,11-12H,5,9-10H2,1-4H3,(H2,15,16,17). The Hall–Kier alpha value is -1.03. The third kappa shape index (κ3) is 5.54. The monoisotopic (exact) mass is 267 g/mol. The topological polar surface area (TPSA) is 36.4 Å². The van der Waals surface area contributed by atoms with E-state index in [0.717, 1.165) is 25.3 Å². The number of nitrogens with zero attached hydrogens (tertiary/aromatic N) is 1. The largest absolute Gasteiger partial charge is 0.356 e. The van der Waals surface area contributed by atoms with Crippen LogP contribution in [0.4, 0.5) is 0 Å². The van der Waals surface area contributed by atoms with Gasteiger partial charge in [0.1, 0.15) is 0 Å². The number of aliphatic imine (C=N–C) groups is 1. The minimum absolute atomic E-state index is 0.462. The number of guanidine groups is 1. The Bertz CT molecular complexity index is 346. The van der Waals surface area contributed by atoms with Gasteiger partial charge < -0.3 is 10.6 Å². The molecular weight excluding hydrogens is 242 g/mol. The lowest BCUT2D eigenvalue weighted by atomic mass is 10.1. The maximum absolute atomic E-state index is 4.24. The van der Waals surface area contributed by atoms with Gasteiger partial charge in [0.15, 0.2) is 5.96 Å². The predicted octanol–water partition coefficient (Wildman–Crippen LogP) is 2.89. The summed E-state index contributed by atoms with van der Waals surface area (Å²) in [4.78, 5) is 5.69. The van der Waals surface area contributed by atoms with E-state index in [0.29, 0.717) is 12.0 Å². The second kappa shape index (κ2) is 8.14. The van der Waals surface area contributed by atoms with Crippen molar-refractivity contribution in [2.45, 2.75) is 39.7 Å². The van der Waals surface area contributed by atoms with E-state index in [1.165, 1.54) is 4.88 Å². The van der Waals surface area contributed by atoms with Crippen molar-refractivity contribution in [3.8, 4) is 0 Å². The van der Waals surface area contributed by atoms with Crippen LogP contribution in [0.5, 0.6) is 0 Å². The van der Waals surface area contributed by atoms with Crippen LogP contribution in [0.3, 0.4) is 0 Å². The van der Waals surface area contributed by atoms with Gasteiger partial charge in [-0.1, -0.05) is 19.9 Å². The molecule has 0 radical (unpaired) electrons. The molecule has 1 aromatic heterocycles. The molecule has 1 rings (SSSR count). The Morgan fingerprint density at radius 2 is 2.22 bits per heavy atom. The van der Waals surface area contributed by atoms with E-state index in [1.54, 1.807) is 0 Å². The van der Waals surface area contributed by atoms with Crippen LogP contribution < -0.4 is 10.6 Å². The van der Waals surface area contributed by atoms with Gasteiger partial charge in [-0.15, -0.1) is 11.3 Å². The van der Waals surface area contributed by atoms with Crippen molar-refractivity contribution in [3.05, 3.63) is 22.4 Å². The average molecular weight is 267 g/mol. The summed E-state index contributed by atoms with van der Waals surface area (Å²) in [6.45, 7) is 7.56. The summed E-state index contributed by atoms with van der Waals surface area (Å²) < 4.78 is 0. The van der Waals surface area contributed by atoms with Gasteiger partial charge in [-0.05, 0) is 37.1 Å². The molecule has 102 valence electrons. The van der Waals surface area contributed by atoms with Crippen molar-refractivity contribution in [3.63, 3.8) is 0 Å². The smallest absolute Gasteiger partial charge is 0.191 e. The van der Waals surface area contributed by atoms with Crippen molar-refractivity contribution >= 4 is 17.3 Å². The van der Waals surface area contributed by atoms with Gasteiger partial charge >= 0.3 is 0 Å². The zero-order valence-corrected chi connectivity index (χ0v) is 12.7. The second-order valence-electron chi connectivity index (χ2n) is 4.80. The van der Waals surface area contributed by atoms with Crippen LogP contribution in [0.25, 0.3) is 0 Å². The van der Waals surface area contributed by atoms with Crippen molar-refractivity contribution in [1.29, 1.82) is 0 Å². The summed E-state index contributed by atoms with van der Waals surface area (Å²) in [6, 6.07) is 4.78. The lowest BCUT2D eigenvalue weighted by Crippen LogP contribution is -2.43. The number of thiophene rings is 1. The third-order valence-electron chi connectivity index (χ3n) is 2.97. The molecule has 0 aromatic carbocycles. The van der Waals surface area contributed by atoms with Crippen LogP contribution in [-0.4, -0.2) is 25.6 Å². The lowest BCUT2D eigenvalue weighted by molar-refractivity contribution is 0.551. The molecule has 2 unspecified atom stereocenters. The van der Waals surface area contributed by atoms with Crippen molar-refractivity contribution in [1.82, 2.24) is 10.6 Å². The molecule has 0 aliphatic rings. The Morgan fingerprint density at radius 1 is 1.44 bits per heavy atom. The van der Waals surface area contributed by atoms with Gasteiger partial charge in [-0.3, -0.25) is 4.99 Å². The van der Waals surface area contributed by atoms with Crippen LogP contribution in [0.1, 0.15) is 32.1 Å². The van der Waals surface area contributed by atoms with E-state index < -0.39 is 0 Å². The van der Waals surface area contributed by atoms with Crippen LogP contribution >= 0.6 is 11.3 Å². The first-order valence-corrected chi connectivity index (χ1v) is 7.53. The van der Waals surface area contributed by atoms with Gasteiger partial charge in [0, 0.05) is 24.5 Å². The molecule has 3 nitrogen and oxygen atoms in total. The van der Waals surface area contributed by atoms with E-state index in [2.05, 4.69) is 53.9 Å². The number of hydrogen-bond donors (Lipinski definition) is 2. The minimum atomic E-state index is 0.462. The fraction of sp³-hybridized carbons (Fsp3) is 0.643. The van der Waals surface area contributed by atoms with Gasteiger partial charge in [-0.2, -0.15) is 0 Å². The fourth-order valence-electron chi connectivity index (χ4n) is 1.65. The van der Waals surface area contributed by atoms with Crippen LogP contribution in [-0.2, 0) is 6.42 Å². The summed E-state index contributed by atoms with van der Waals surface area (Å²) in [5.74, 6) is 1.52. The van der Waals surface area contributed by atoms with E-state index in [4.69, 9.17) is 0 Å². The molecule has 2 N–H and O–H groups in total. The Balaban J connectivity index is 2.29. The van der Waals surface area contributed by atoms with Crippen LogP contribution in [0.15, 0.2) is 22.5 Å². The SMILES string of the molecule is CCC(C)NC(=NC)NCC(C)Cc1cccs1. The highest BCUT2D eigenvalue weighted by molar-refractivity contribution is 7.09. The molecule has 4 heteroatoms. The lowest BCUT2D eigenvalue weighted by Gasteiger charge is -2.18. The molecule has 18 heavy (non-hydrogen) atoms. The molecule has 0 aliphatic carbocycles. The highest BCUT2D eigenvalue weighted by atomic mass is 32.1. The zero-order valence-electron chi connectivity index (χ0n) is 11.9. The first kappa shape index (κ1) is 15.0. The molecule has 0 aliphatic heterocycles. The van der Waals surface area contributed by atoms with Gasteiger partial charge in [0.2, 0.25) is 0 Å². The number of nitrogens with one attached hydrogen (secondary N) is 2. The minimum Gasteiger partial charge on any atom is -0.356 e. The molecule has 1 heterocycles. The molecular formula is C14H25N3S. The third-order valence-corrected chi connectivity index (χ3v) is 3.87. The summed E-state index contributed by atoms with van der Waals surface area (Å²) >= 11 is 1.83. The number of hydrogen-bond acceptors (Lipinski definition) is 2. The van der Waals surface area contributed by atoms with Crippen molar-refractivity contribution in [2.24, 2.45) is 10.9 Å². The summed E-state index contributed by atoms with van der Waals surface area (Å²) in [5.41, 5.74) is 0. The van der Waals surface area contributed by atoms with Gasteiger partial charge in [-0.25, -0.2) is 0 Å². The summed E-state index contributed by atoms with van der Waals surface area (Å²) in [7, 11) is 1.82. The quantitative estimate of drug-likeness (QED) is 0.614.